The summed E-state index contributed by atoms with van der Waals surface area (Å²) in [5, 5.41) is 9.77. The summed E-state index contributed by atoms with van der Waals surface area (Å²) in [7, 11) is 0. The second-order valence-corrected chi connectivity index (χ2v) is 8.78. The molecule has 1 unspecified atom stereocenters. The Morgan fingerprint density at radius 2 is 1.70 bits per heavy atom. The molecule has 37 heavy (non-hydrogen) atoms. The molecule has 1 aliphatic heterocycles. The standard InChI is InChI=1S/C30H28N2O5/c1-4-15-34-22-11-7-21(8-12-22)29-25-14-13-24(16-27(25)37-30(32)26(29)17-31)36-28(33)18-35-23-9-5-20(6-10-23)19(2)3/h4-14,16,19,29H,1,15,18,32H2,2-3H3. The summed E-state index contributed by atoms with van der Waals surface area (Å²) in [5.41, 5.74) is 9.15. The summed E-state index contributed by atoms with van der Waals surface area (Å²) in [6.45, 7) is 8.01. The smallest absolute Gasteiger partial charge is 0.349 e. The molecule has 1 aliphatic rings. The van der Waals surface area contributed by atoms with E-state index in [9.17, 15) is 10.1 Å². The predicted octanol–water partition coefficient (Wildman–Crippen LogP) is 5.58. The summed E-state index contributed by atoms with van der Waals surface area (Å²) >= 11 is 0. The number of hydrogen-bond donors (Lipinski definition) is 1. The van der Waals surface area contributed by atoms with Crippen molar-refractivity contribution in [2.45, 2.75) is 25.7 Å². The van der Waals surface area contributed by atoms with Gasteiger partial charge in [0.15, 0.2) is 6.61 Å². The molecule has 0 fully saturated rings. The van der Waals surface area contributed by atoms with Crippen LogP contribution in [-0.4, -0.2) is 19.2 Å². The molecule has 0 aliphatic carbocycles. The number of hydrogen-bond acceptors (Lipinski definition) is 7. The van der Waals surface area contributed by atoms with E-state index in [2.05, 4.69) is 26.5 Å². The number of nitrogens with two attached hydrogens (primary N) is 1. The van der Waals surface area contributed by atoms with Crippen LogP contribution < -0.4 is 24.7 Å². The van der Waals surface area contributed by atoms with Gasteiger partial charge < -0.3 is 24.7 Å². The maximum atomic E-state index is 12.4. The highest BCUT2D eigenvalue weighted by molar-refractivity contribution is 5.74. The molecule has 4 rings (SSSR count). The highest BCUT2D eigenvalue weighted by atomic mass is 16.6. The van der Waals surface area contributed by atoms with Crippen LogP contribution in [0.3, 0.4) is 0 Å². The van der Waals surface area contributed by atoms with Gasteiger partial charge in [0.1, 0.15) is 41.2 Å². The fourth-order valence-electron chi connectivity index (χ4n) is 4.01. The van der Waals surface area contributed by atoms with Gasteiger partial charge in [-0.3, -0.25) is 0 Å². The van der Waals surface area contributed by atoms with Crippen molar-refractivity contribution in [1.29, 1.82) is 5.26 Å². The van der Waals surface area contributed by atoms with E-state index in [0.29, 0.717) is 35.3 Å². The minimum absolute atomic E-state index is 0.00337. The summed E-state index contributed by atoms with van der Waals surface area (Å²) in [6.07, 6.45) is 1.67. The first kappa shape index (κ1) is 25.4. The van der Waals surface area contributed by atoms with Crippen LogP contribution in [0.1, 0.15) is 42.4 Å². The summed E-state index contributed by atoms with van der Waals surface area (Å²) < 4.78 is 22.3. The molecule has 3 aromatic carbocycles. The van der Waals surface area contributed by atoms with Gasteiger partial charge in [-0.2, -0.15) is 5.26 Å². The SMILES string of the molecule is C=CCOc1ccc(C2C(C#N)=C(N)Oc3cc(OC(=O)COc4ccc(C(C)C)cc4)ccc32)cc1. The molecule has 188 valence electrons. The van der Waals surface area contributed by atoms with Crippen LogP contribution >= 0.6 is 0 Å². The normalized spacial score (nSPS) is 14.3. The molecular formula is C30H28N2O5. The quantitative estimate of drug-likeness (QED) is 0.234. The van der Waals surface area contributed by atoms with E-state index >= 15 is 0 Å². The Labute approximate surface area is 216 Å². The molecule has 7 heteroatoms. The molecule has 3 aromatic rings. The van der Waals surface area contributed by atoms with Gasteiger partial charge in [-0.25, -0.2) is 4.79 Å². The summed E-state index contributed by atoms with van der Waals surface area (Å²) in [4.78, 5) is 12.4. The van der Waals surface area contributed by atoms with Crippen molar-refractivity contribution in [2.75, 3.05) is 13.2 Å². The average Bonchev–Trinajstić information content (AvgIpc) is 2.90. The fraction of sp³-hybridized carbons (Fsp3) is 0.200. The molecule has 7 nitrogen and oxygen atoms in total. The van der Waals surface area contributed by atoms with E-state index in [0.717, 1.165) is 11.1 Å². The van der Waals surface area contributed by atoms with Gasteiger partial charge in [0, 0.05) is 11.6 Å². The highest BCUT2D eigenvalue weighted by Gasteiger charge is 2.31. The highest BCUT2D eigenvalue weighted by Crippen LogP contribution is 2.43. The van der Waals surface area contributed by atoms with Crippen molar-refractivity contribution >= 4 is 5.97 Å². The van der Waals surface area contributed by atoms with Crippen molar-refractivity contribution in [3.05, 3.63) is 108 Å². The van der Waals surface area contributed by atoms with Crippen LogP contribution in [0.4, 0.5) is 0 Å². The van der Waals surface area contributed by atoms with Crippen LogP contribution in [0, 0.1) is 11.3 Å². The van der Waals surface area contributed by atoms with Gasteiger partial charge in [0.25, 0.3) is 0 Å². The monoisotopic (exact) mass is 496 g/mol. The zero-order valence-corrected chi connectivity index (χ0v) is 20.8. The van der Waals surface area contributed by atoms with Crippen molar-refractivity contribution in [1.82, 2.24) is 0 Å². The van der Waals surface area contributed by atoms with Gasteiger partial charge in [0.2, 0.25) is 5.88 Å². The van der Waals surface area contributed by atoms with Crippen molar-refractivity contribution in [3.63, 3.8) is 0 Å². The number of carbonyl (C=O) groups is 1. The van der Waals surface area contributed by atoms with Crippen molar-refractivity contribution in [3.8, 4) is 29.1 Å². The number of nitrogens with zero attached hydrogens (tertiary/aromatic N) is 1. The molecule has 1 atom stereocenters. The van der Waals surface area contributed by atoms with Gasteiger partial charge in [0.05, 0.1) is 5.92 Å². The lowest BCUT2D eigenvalue weighted by molar-refractivity contribution is -0.136. The topological polar surface area (TPSA) is 104 Å². The van der Waals surface area contributed by atoms with E-state index < -0.39 is 11.9 Å². The molecule has 0 aromatic heterocycles. The molecule has 0 saturated heterocycles. The fourth-order valence-corrected chi connectivity index (χ4v) is 4.01. The number of rotatable bonds is 9. The second-order valence-electron chi connectivity index (χ2n) is 8.78. The van der Waals surface area contributed by atoms with E-state index in [4.69, 9.17) is 24.7 Å². The van der Waals surface area contributed by atoms with Crippen molar-refractivity contribution in [2.24, 2.45) is 5.73 Å². The molecule has 0 spiro atoms. The van der Waals surface area contributed by atoms with Crippen LogP contribution in [-0.2, 0) is 4.79 Å². The molecular weight excluding hydrogens is 468 g/mol. The Bertz CT molecular complexity index is 1350. The Kier molecular flexibility index (Phi) is 7.80. The lowest BCUT2D eigenvalue weighted by Crippen LogP contribution is -2.21. The van der Waals surface area contributed by atoms with E-state index in [1.807, 2.05) is 48.5 Å². The summed E-state index contributed by atoms with van der Waals surface area (Å²) in [6, 6.07) is 22.2. The molecule has 0 saturated carbocycles. The first-order valence-corrected chi connectivity index (χ1v) is 11.9. The number of benzene rings is 3. The third-order valence-corrected chi connectivity index (χ3v) is 5.91. The number of carbonyl (C=O) groups excluding carboxylic acids is 1. The first-order chi connectivity index (χ1) is 17.9. The number of allylic oxidation sites excluding steroid dienone is 1. The molecule has 0 radical (unpaired) electrons. The Morgan fingerprint density at radius 1 is 1.05 bits per heavy atom. The Balaban J connectivity index is 1.48. The van der Waals surface area contributed by atoms with Crippen LogP contribution in [0.2, 0.25) is 0 Å². The predicted molar refractivity (Wildman–Crippen MR) is 140 cm³/mol. The Hall–Kier alpha value is -4.70. The molecule has 0 amide bonds. The van der Waals surface area contributed by atoms with E-state index in [1.54, 1.807) is 24.3 Å². The minimum atomic E-state index is -0.559. The maximum Gasteiger partial charge on any atom is 0.349 e. The zero-order valence-electron chi connectivity index (χ0n) is 20.8. The molecule has 1 heterocycles. The second kappa shape index (κ2) is 11.4. The van der Waals surface area contributed by atoms with Crippen molar-refractivity contribution < 1.29 is 23.7 Å². The maximum absolute atomic E-state index is 12.4. The number of esters is 1. The number of fused-ring (bicyclic) bond motifs is 1. The van der Waals surface area contributed by atoms with Crippen LogP contribution in [0.5, 0.6) is 23.0 Å². The average molecular weight is 497 g/mol. The van der Waals surface area contributed by atoms with E-state index in [-0.39, 0.29) is 18.2 Å². The largest absolute Gasteiger partial charge is 0.490 e. The van der Waals surface area contributed by atoms with Gasteiger partial charge in [-0.1, -0.05) is 56.8 Å². The summed E-state index contributed by atoms with van der Waals surface area (Å²) in [5.74, 6) is 1.37. The molecule has 2 N–H and O–H groups in total. The molecule has 0 bridgehead atoms. The number of ether oxygens (including phenoxy) is 4. The zero-order chi connectivity index (χ0) is 26.4. The van der Waals surface area contributed by atoms with Crippen LogP contribution in [0.15, 0.2) is 90.8 Å². The third-order valence-electron chi connectivity index (χ3n) is 5.91. The lowest BCUT2D eigenvalue weighted by Gasteiger charge is -2.26. The first-order valence-electron chi connectivity index (χ1n) is 11.9. The van der Waals surface area contributed by atoms with Gasteiger partial charge in [-0.15, -0.1) is 0 Å². The Morgan fingerprint density at radius 3 is 2.35 bits per heavy atom. The minimum Gasteiger partial charge on any atom is -0.490 e. The van der Waals surface area contributed by atoms with Crippen LogP contribution in [0.25, 0.3) is 0 Å². The third kappa shape index (κ3) is 5.93. The van der Waals surface area contributed by atoms with Gasteiger partial charge in [-0.05, 0) is 47.4 Å². The number of nitriles is 1. The lowest BCUT2D eigenvalue weighted by atomic mass is 9.83. The van der Waals surface area contributed by atoms with E-state index in [1.165, 1.54) is 5.56 Å². The van der Waals surface area contributed by atoms with Gasteiger partial charge >= 0.3 is 5.97 Å².